The molecule has 0 atom stereocenters. The molecule has 1 spiro atoms. The largest absolute Gasteiger partial charge is 1.00 e. The molecule has 1 aliphatic heterocycles. The van der Waals surface area contributed by atoms with E-state index in [1.54, 1.807) is 0 Å². The average molecular weight is 1970 g/mol. The van der Waals surface area contributed by atoms with E-state index in [9.17, 15) is 9.90 Å². The zero-order valence-electron chi connectivity index (χ0n) is 74.4. The van der Waals surface area contributed by atoms with Gasteiger partial charge in [0.15, 0.2) is 5.78 Å². The van der Waals surface area contributed by atoms with Crippen molar-refractivity contribution in [3.8, 4) is 134 Å². The Kier molecular flexibility index (Phi) is 39.5. The number of hydrogen-bond donors (Lipinski definition) is 2. The molecule has 7 aliphatic carbocycles. The predicted octanol–water partition coefficient (Wildman–Crippen LogP) is 33.7. The summed E-state index contributed by atoms with van der Waals surface area (Å²) in [4.78, 5) is 20.9. The van der Waals surface area contributed by atoms with Crippen molar-refractivity contribution < 1.29 is 112 Å². The van der Waals surface area contributed by atoms with Gasteiger partial charge in [0.1, 0.15) is 5.60 Å². The van der Waals surface area contributed by atoms with E-state index in [1.807, 2.05) is 78.9 Å². The summed E-state index contributed by atoms with van der Waals surface area (Å²) in [6.45, 7) is 8.81. The monoisotopic (exact) mass is 1970 g/mol. The van der Waals surface area contributed by atoms with Gasteiger partial charge in [-0.3, -0.25) is 14.3 Å². The van der Waals surface area contributed by atoms with E-state index < -0.39 is 11.6 Å². The van der Waals surface area contributed by atoms with Crippen LogP contribution in [0.25, 0.3) is 166 Å². The minimum atomic E-state index is -1.23. The number of hydrogen-bond acceptors (Lipinski definition) is 4. The number of carboxylic acids is 1. The van der Waals surface area contributed by atoms with Crippen LogP contribution in [0.4, 0.5) is 68.7 Å². The third kappa shape index (κ3) is 19.8. The van der Waals surface area contributed by atoms with E-state index in [-0.39, 0.29) is 54.6 Å². The zero-order chi connectivity index (χ0) is 96.0. The number of fused-ring (bicyclic) bond motifs is 26. The van der Waals surface area contributed by atoms with Gasteiger partial charge < -0.3 is 21.9 Å². The average Bonchev–Trinajstić information content (AvgIpc) is 1.49. The van der Waals surface area contributed by atoms with Crippen molar-refractivity contribution >= 4 is 72.4 Å². The molecule has 2 N–H and O–H groups in total. The van der Waals surface area contributed by atoms with Crippen LogP contribution in [0.1, 0.15) is 102 Å². The smallest absolute Gasteiger partial charge is 0.481 e. The maximum Gasteiger partial charge on any atom is 1.00 e. The minimum absolute atomic E-state index is 0. The number of aliphatic hydroxyl groups is 1. The molecular formula is C116H90BrClF15LiO5. The summed E-state index contributed by atoms with van der Waals surface area (Å²) in [7, 11) is 0. The van der Waals surface area contributed by atoms with Crippen LogP contribution >= 0.6 is 28.3 Å². The van der Waals surface area contributed by atoms with Gasteiger partial charge >= 0.3 is 18.9 Å². The number of aliphatic carboxylic acids is 1. The molecule has 0 amide bonds. The SMILES string of the molecule is Brc1ccccc1-c1ccc2c3c(cccc13)-c1ccccc1-2.C.C1CCOC1.CC(=O)O.Cl.F.FF.FF.FF.FF.FF.FF.FF.O=C1c2ccccc2-c2ccccc21.OC1(c2ccccc2-c2ccc3c4c(cccc24)-c2ccccc2-3)c2ccccc2-c2ccccc21.[CH2-]CCC.[Li+].c1ccc2c(c1)-c1cccc3c4c(cc-2c13)C1(c2ccccc2-c2ccccc21)c1ccccc1-4. The Bertz CT molecular complexity index is 7090. The summed E-state index contributed by atoms with van der Waals surface area (Å²) in [6.07, 6.45) is 4.83. The molecule has 0 aromatic heterocycles. The van der Waals surface area contributed by atoms with E-state index in [2.05, 4.69) is 327 Å². The van der Waals surface area contributed by atoms with Crippen molar-refractivity contribution in [1.29, 1.82) is 0 Å². The van der Waals surface area contributed by atoms with Gasteiger partial charge in [-0.25, -0.2) is 0 Å². The Hall–Kier alpha value is -13.9. The van der Waals surface area contributed by atoms with Crippen molar-refractivity contribution in [2.24, 2.45) is 0 Å². The van der Waals surface area contributed by atoms with E-state index in [0.29, 0.717) is 0 Å². The molecule has 0 bridgehead atoms. The fourth-order valence-electron chi connectivity index (χ4n) is 20.2. The van der Waals surface area contributed by atoms with Gasteiger partial charge in [-0.05, 0) is 213 Å². The van der Waals surface area contributed by atoms with Crippen molar-refractivity contribution in [2.75, 3.05) is 13.2 Å². The van der Waals surface area contributed by atoms with Crippen molar-refractivity contribution in [3.05, 3.63) is 438 Å². The van der Waals surface area contributed by atoms with Crippen LogP contribution in [0.3, 0.4) is 0 Å². The van der Waals surface area contributed by atoms with Crippen LogP contribution < -0.4 is 18.9 Å². The first-order valence-electron chi connectivity index (χ1n) is 42.9. The first-order chi connectivity index (χ1) is 66.5. The molecule has 8 aliphatic rings. The number of rotatable bonds is 4. The van der Waals surface area contributed by atoms with Crippen LogP contribution in [-0.4, -0.2) is 35.2 Å². The molecule has 18 aromatic rings. The van der Waals surface area contributed by atoms with Gasteiger partial charge in [0.05, 0.1) is 5.41 Å². The summed E-state index contributed by atoms with van der Waals surface area (Å²) in [5.41, 5.74) is 39.1. The molecule has 18 aromatic carbocycles. The number of carboxylic acid groups (broad SMARTS) is 1. The molecule has 1 heterocycles. The summed E-state index contributed by atoms with van der Waals surface area (Å²) < 4.78 is 118. The molecule has 0 radical (unpaired) electrons. The third-order valence-corrected chi connectivity index (χ3v) is 25.9. The normalized spacial score (nSPS) is 12.0. The Labute approximate surface area is 821 Å². The van der Waals surface area contributed by atoms with Gasteiger partial charge in [-0.15, -0.1) is 12.4 Å². The Morgan fingerprint density at radius 3 is 0.863 bits per heavy atom. The summed E-state index contributed by atoms with van der Waals surface area (Å²) in [5.74, 6) is -0.684. The molecule has 1 fully saturated rings. The Morgan fingerprint density at radius 2 is 0.540 bits per heavy atom. The number of ketones is 1. The second-order valence-electron chi connectivity index (χ2n) is 31.8. The first kappa shape index (κ1) is 109. The number of carbonyl (C=O) groups is 2. The molecule has 0 saturated carbocycles. The Balaban J connectivity index is 0.000000195. The van der Waals surface area contributed by atoms with Crippen LogP contribution in [0, 0.1) is 6.92 Å². The maximum atomic E-state index is 12.6. The number of halogens is 17. The van der Waals surface area contributed by atoms with E-state index in [4.69, 9.17) is 78.7 Å². The first-order valence-corrected chi connectivity index (χ1v) is 43.7. The van der Waals surface area contributed by atoms with Gasteiger partial charge in [-0.2, -0.15) is 6.42 Å². The fraction of sp³-hybridized carbons (Fsp3) is 0.0948. The number of carbonyl (C=O) groups excluding carboxylic acids is 1. The number of ether oxygens (including phenoxy) is 1. The predicted molar refractivity (Wildman–Crippen MR) is 535 cm³/mol. The Morgan fingerprint density at radius 1 is 0.317 bits per heavy atom. The zero-order valence-corrected chi connectivity index (χ0v) is 76.8. The van der Waals surface area contributed by atoms with Crippen LogP contribution in [-0.2, 0) is 20.5 Å². The second-order valence-corrected chi connectivity index (χ2v) is 32.7. The molecule has 23 heteroatoms. The topological polar surface area (TPSA) is 83.8 Å². The van der Waals surface area contributed by atoms with Gasteiger partial charge in [0, 0.05) is 116 Å². The van der Waals surface area contributed by atoms with E-state index in [1.165, 1.54) is 174 Å². The van der Waals surface area contributed by atoms with Crippen molar-refractivity contribution in [1.82, 2.24) is 0 Å². The molecular weight excluding hydrogens is 1880 g/mol. The fourth-order valence-corrected chi connectivity index (χ4v) is 20.7. The number of benzene rings is 18. The van der Waals surface area contributed by atoms with Crippen molar-refractivity contribution in [2.45, 2.75) is 58.0 Å². The van der Waals surface area contributed by atoms with Crippen LogP contribution in [0.2, 0.25) is 0 Å². The second kappa shape index (κ2) is 50.4. The van der Waals surface area contributed by atoms with Crippen molar-refractivity contribution in [3.63, 3.8) is 0 Å². The quantitative estimate of drug-likeness (QED) is 0.104. The standard InChI is InChI=1S/C35H22O.C35H20.C22H13Br.C13H8O.C4H8O.C4H9.C2H4O2.CH4.ClH.7F2.FH.Li/c36-35(32-18-7-4-13-26(32)27-14-5-8-19-33(27)35)31-17-6-3-12-25(31)24-20-21-30-23-11-2-1-10-22(23)28-15-9-16-29(24)34(28)30;1-2-11-22-21(10-1)25-15-9-16-27-33(25)28(22)20-32-34(27)26-14-5-8-19-31(26)35(32)29-17-6-3-12-23(29)24-13-4-7-18-30(24)35;23-21-11-4-3-8-17(21)16-12-13-20-15-7-2-1-6-14(15)18-9-5-10-19(16)22(18)20;14-13-11-7-3-1-5-9(11)10-6-2-4-8-12(10)13;1-2-4-5-3-1;1-3-4-2;1-2(3)4;;;7*1-2;;/h1-21,36H;1-20H;1-13H;1-8H;1-4H2;1,3-4H2,2H3;1H3,(H,3,4);1H4;1H;;;;;;;;1H;/q;;;;;-1;;;;;;;;;;;;+1. The number of unbranched alkanes of at least 4 members (excludes halogenated alkanes) is 1. The molecule has 704 valence electrons. The summed E-state index contributed by atoms with van der Waals surface area (Å²) >= 11 is 3.70. The summed E-state index contributed by atoms with van der Waals surface area (Å²) in [6, 6.07) is 134. The maximum absolute atomic E-state index is 12.6. The molecule has 26 rings (SSSR count). The minimum Gasteiger partial charge on any atom is -0.481 e. The van der Waals surface area contributed by atoms with Gasteiger partial charge in [0.25, 0.3) is 5.97 Å². The van der Waals surface area contributed by atoms with E-state index in [0.717, 1.165) is 92.2 Å². The van der Waals surface area contributed by atoms with Crippen LogP contribution in [0.15, 0.2) is 381 Å². The molecule has 0 unspecified atom stereocenters. The molecule has 139 heavy (non-hydrogen) atoms. The molecule has 1 saturated heterocycles. The van der Waals surface area contributed by atoms with Gasteiger partial charge in [0.2, 0.25) is 0 Å². The van der Waals surface area contributed by atoms with E-state index >= 15 is 0 Å². The summed E-state index contributed by atoms with van der Waals surface area (Å²) in [5, 5.41) is 28.1. The third-order valence-electron chi connectivity index (χ3n) is 25.2. The van der Waals surface area contributed by atoms with Gasteiger partial charge in [-0.1, -0.05) is 401 Å². The van der Waals surface area contributed by atoms with Crippen LogP contribution in [0.5, 0.6) is 0 Å². The molecule has 5 nitrogen and oxygen atoms in total.